The molecule has 0 amide bonds. The molecule has 0 unspecified atom stereocenters. The average molecular weight is 402 g/mol. The molecule has 0 aliphatic rings. The lowest BCUT2D eigenvalue weighted by Crippen LogP contribution is -2.08. The van der Waals surface area contributed by atoms with Gasteiger partial charge in [0.2, 0.25) is 0 Å². The van der Waals surface area contributed by atoms with Gasteiger partial charge in [-0.3, -0.25) is 4.79 Å². The average Bonchev–Trinajstić information content (AvgIpc) is 3.24. The van der Waals surface area contributed by atoms with E-state index in [1.807, 2.05) is 35.1 Å². The predicted octanol–water partition coefficient (Wildman–Crippen LogP) is 3.75. The fraction of sp³-hybridized carbons (Fsp3) is 0.350. The lowest BCUT2D eigenvalue weighted by atomic mass is 10.2. The predicted molar refractivity (Wildman–Crippen MR) is 107 cm³/mol. The molecule has 2 aromatic heterocycles. The van der Waals surface area contributed by atoms with E-state index in [9.17, 15) is 9.18 Å². The Morgan fingerprint density at radius 1 is 1.25 bits per heavy atom. The van der Waals surface area contributed by atoms with Crippen LogP contribution >= 0.6 is 11.8 Å². The minimum atomic E-state index is -0.260. The topological polar surface area (TPSA) is 61.9 Å². The normalized spacial score (nSPS) is 11.2. The van der Waals surface area contributed by atoms with Gasteiger partial charge in [0.15, 0.2) is 10.9 Å². The zero-order chi connectivity index (χ0) is 20.3. The standard InChI is InChI=1S/C20H23FN4O2S/c1-13-5-6-16(10-18(13)21)25-14(2)9-17(15(25)3)19(26)11-28-20-23-22-12-24(20)7-8-27-4/h5-6,9-10,12H,7-8,11H2,1-4H3. The number of methoxy groups -OCH3 is 1. The molecule has 0 fully saturated rings. The Morgan fingerprint density at radius 3 is 2.75 bits per heavy atom. The number of hydrogen-bond donors (Lipinski definition) is 0. The molecule has 0 atom stereocenters. The first-order valence-electron chi connectivity index (χ1n) is 8.90. The molecule has 8 heteroatoms. The number of benzene rings is 1. The second-order valence-electron chi connectivity index (χ2n) is 6.57. The number of aromatic nitrogens is 4. The van der Waals surface area contributed by atoms with Gasteiger partial charge in [-0.25, -0.2) is 4.39 Å². The number of thioether (sulfide) groups is 1. The fourth-order valence-electron chi connectivity index (χ4n) is 3.07. The zero-order valence-electron chi connectivity index (χ0n) is 16.4. The van der Waals surface area contributed by atoms with E-state index in [2.05, 4.69) is 10.2 Å². The van der Waals surface area contributed by atoms with Gasteiger partial charge in [0.05, 0.1) is 12.4 Å². The van der Waals surface area contributed by atoms with Gasteiger partial charge < -0.3 is 13.9 Å². The summed E-state index contributed by atoms with van der Waals surface area (Å²) >= 11 is 1.35. The summed E-state index contributed by atoms with van der Waals surface area (Å²) in [4.78, 5) is 12.8. The maximum absolute atomic E-state index is 14.0. The highest BCUT2D eigenvalue weighted by atomic mass is 32.2. The van der Waals surface area contributed by atoms with E-state index in [1.165, 1.54) is 17.8 Å². The van der Waals surface area contributed by atoms with Crippen LogP contribution in [0.4, 0.5) is 4.39 Å². The lowest BCUT2D eigenvalue weighted by Gasteiger charge is -2.11. The smallest absolute Gasteiger partial charge is 0.191 e. The fourth-order valence-corrected chi connectivity index (χ4v) is 3.90. The Hall–Kier alpha value is -2.45. The van der Waals surface area contributed by atoms with Crippen LogP contribution < -0.4 is 0 Å². The first-order valence-corrected chi connectivity index (χ1v) is 9.89. The van der Waals surface area contributed by atoms with Gasteiger partial charge in [-0.2, -0.15) is 0 Å². The first-order chi connectivity index (χ1) is 13.4. The molecule has 2 heterocycles. The lowest BCUT2D eigenvalue weighted by molar-refractivity contribution is 0.102. The molecule has 0 N–H and O–H groups in total. The molecule has 0 radical (unpaired) electrons. The van der Waals surface area contributed by atoms with E-state index in [0.29, 0.717) is 35.1 Å². The Balaban J connectivity index is 1.78. The molecular weight excluding hydrogens is 379 g/mol. The molecule has 28 heavy (non-hydrogen) atoms. The highest BCUT2D eigenvalue weighted by molar-refractivity contribution is 7.99. The SMILES string of the molecule is COCCn1cnnc1SCC(=O)c1cc(C)n(-c2ccc(C)c(F)c2)c1C. The van der Waals surface area contributed by atoms with Crippen LogP contribution in [0.1, 0.15) is 27.3 Å². The minimum absolute atomic E-state index is 0.00164. The third-order valence-corrected chi connectivity index (χ3v) is 5.57. The van der Waals surface area contributed by atoms with Crippen molar-refractivity contribution in [3.05, 3.63) is 58.9 Å². The molecule has 148 valence electrons. The number of hydrogen-bond acceptors (Lipinski definition) is 5. The Labute approximate surface area is 167 Å². The van der Waals surface area contributed by atoms with Crippen LogP contribution in [0.25, 0.3) is 5.69 Å². The molecular formula is C20H23FN4O2S. The molecule has 3 rings (SSSR count). The van der Waals surface area contributed by atoms with Gasteiger partial charge in [-0.1, -0.05) is 17.8 Å². The van der Waals surface area contributed by atoms with Gasteiger partial charge in [0.1, 0.15) is 12.1 Å². The summed E-state index contributed by atoms with van der Waals surface area (Å²) in [6.45, 7) is 6.70. The molecule has 3 aromatic rings. The largest absolute Gasteiger partial charge is 0.383 e. The summed E-state index contributed by atoms with van der Waals surface area (Å²) in [5, 5.41) is 8.65. The molecule has 0 aliphatic heterocycles. The quantitative estimate of drug-likeness (QED) is 0.424. The zero-order valence-corrected chi connectivity index (χ0v) is 17.2. The van der Waals surface area contributed by atoms with E-state index < -0.39 is 0 Å². The summed E-state index contributed by atoms with van der Waals surface area (Å²) in [6.07, 6.45) is 1.63. The summed E-state index contributed by atoms with van der Waals surface area (Å²) in [7, 11) is 1.64. The number of carbonyl (C=O) groups is 1. The third-order valence-electron chi connectivity index (χ3n) is 4.59. The van der Waals surface area contributed by atoms with Crippen molar-refractivity contribution in [3.8, 4) is 5.69 Å². The molecule has 0 spiro atoms. The Kier molecular flexibility index (Phi) is 6.31. The van der Waals surface area contributed by atoms with E-state index in [-0.39, 0.29) is 17.4 Å². The minimum Gasteiger partial charge on any atom is -0.383 e. The van der Waals surface area contributed by atoms with Crippen LogP contribution in [0.5, 0.6) is 0 Å². The van der Waals surface area contributed by atoms with Crippen LogP contribution in [0.3, 0.4) is 0 Å². The molecule has 6 nitrogen and oxygen atoms in total. The first kappa shape index (κ1) is 20.3. The molecule has 1 aromatic carbocycles. The Morgan fingerprint density at radius 2 is 2.04 bits per heavy atom. The van der Waals surface area contributed by atoms with Crippen molar-refractivity contribution in [3.63, 3.8) is 0 Å². The van der Waals surface area contributed by atoms with Crippen LogP contribution in [0.15, 0.2) is 35.7 Å². The number of rotatable bonds is 8. The number of nitrogens with zero attached hydrogens (tertiary/aromatic N) is 4. The Bertz CT molecular complexity index is 996. The second kappa shape index (κ2) is 8.70. The number of carbonyl (C=O) groups excluding carboxylic acids is 1. The van der Waals surface area contributed by atoms with Crippen molar-refractivity contribution in [2.45, 2.75) is 32.5 Å². The number of halogens is 1. The summed E-state index contributed by atoms with van der Waals surface area (Å²) in [6, 6.07) is 6.95. The summed E-state index contributed by atoms with van der Waals surface area (Å²) in [5.41, 5.74) is 3.62. The number of aryl methyl sites for hydroxylation is 2. The van der Waals surface area contributed by atoms with E-state index in [4.69, 9.17) is 4.74 Å². The van der Waals surface area contributed by atoms with Gasteiger partial charge >= 0.3 is 0 Å². The van der Waals surface area contributed by atoms with Crippen LogP contribution in [0.2, 0.25) is 0 Å². The summed E-state index contributed by atoms with van der Waals surface area (Å²) < 4.78 is 22.8. The van der Waals surface area contributed by atoms with Crippen molar-refractivity contribution < 1.29 is 13.9 Å². The highest BCUT2D eigenvalue weighted by Crippen LogP contribution is 2.24. The number of ether oxygens (including phenoxy) is 1. The number of ketones is 1. The van der Waals surface area contributed by atoms with Crippen molar-refractivity contribution >= 4 is 17.5 Å². The van der Waals surface area contributed by atoms with E-state index in [0.717, 1.165) is 11.4 Å². The van der Waals surface area contributed by atoms with Crippen molar-refractivity contribution in [2.75, 3.05) is 19.5 Å². The van der Waals surface area contributed by atoms with Gasteiger partial charge in [-0.05, 0) is 44.5 Å². The van der Waals surface area contributed by atoms with Crippen molar-refractivity contribution in [1.29, 1.82) is 0 Å². The molecule has 0 saturated carbocycles. The highest BCUT2D eigenvalue weighted by Gasteiger charge is 2.18. The van der Waals surface area contributed by atoms with Gasteiger partial charge in [-0.15, -0.1) is 10.2 Å². The van der Waals surface area contributed by atoms with E-state index >= 15 is 0 Å². The third kappa shape index (κ3) is 4.18. The van der Waals surface area contributed by atoms with Crippen molar-refractivity contribution in [1.82, 2.24) is 19.3 Å². The molecule has 0 aliphatic carbocycles. The number of Topliss-reactive ketones (excluding diaryl/α,β-unsaturated/α-hetero) is 1. The maximum Gasteiger partial charge on any atom is 0.191 e. The van der Waals surface area contributed by atoms with Gasteiger partial charge in [0.25, 0.3) is 0 Å². The van der Waals surface area contributed by atoms with Crippen LogP contribution in [0, 0.1) is 26.6 Å². The van der Waals surface area contributed by atoms with Crippen LogP contribution in [-0.2, 0) is 11.3 Å². The maximum atomic E-state index is 14.0. The molecule has 0 bridgehead atoms. The molecule has 0 saturated heterocycles. The van der Waals surface area contributed by atoms with Gasteiger partial charge in [0, 0.05) is 36.3 Å². The van der Waals surface area contributed by atoms with Crippen LogP contribution in [-0.4, -0.2) is 44.6 Å². The van der Waals surface area contributed by atoms with Crippen molar-refractivity contribution in [2.24, 2.45) is 0 Å². The van der Waals surface area contributed by atoms with E-state index in [1.54, 1.807) is 26.4 Å². The summed E-state index contributed by atoms with van der Waals surface area (Å²) in [5.74, 6) is -0.0137. The second-order valence-corrected chi connectivity index (χ2v) is 7.51. The monoisotopic (exact) mass is 402 g/mol.